The van der Waals surface area contributed by atoms with Crippen LogP contribution in [-0.4, -0.2) is 46.0 Å². The van der Waals surface area contributed by atoms with Gasteiger partial charge < -0.3 is 10.6 Å². The highest BCUT2D eigenvalue weighted by Gasteiger charge is 2.17. The van der Waals surface area contributed by atoms with Crippen LogP contribution in [0.25, 0.3) is 0 Å². The Morgan fingerprint density at radius 1 is 1.13 bits per heavy atom. The number of hydrogen-bond acceptors (Lipinski definition) is 5. The van der Waals surface area contributed by atoms with Crippen molar-refractivity contribution in [2.45, 2.75) is 18.2 Å². The van der Waals surface area contributed by atoms with Gasteiger partial charge in [-0.15, -0.1) is 24.0 Å². The Hall–Kier alpha value is -2.32. The molecule has 3 N–H and O–H groups in total. The third kappa shape index (κ3) is 8.38. The number of nitro groups is 1. The smallest absolute Gasteiger partial charge is 0.270 e. The van der Waals surface area contributed by atoms with Gasteiger partial charge in [-0.2, -0.15) is 0 Å². The van der Waals surface area contributed by atoms with Crippen LogP contribution in [0.15, 0.2) is 52.4 Å². The van der Waals surface area contributed by atoms with Crippen molar-refractivity contribution >= 4 is 45.6 Å². The Labute approximate surface area is 197 Å². The number of rotatable bonds is 9. The summed E-state index contributed by atoms with van der Waals surface area (Å²) in [5.41, 5.74) is 1.59. The second kappa shape index (κ2) is 12.5. The van der Waals surface area contributed by atoms with E-state index in [9.17, 15) is 22.9 Å². The molecule has 170 valence electrons. The summed E-state index contributed by atoms with van der Waals surface area (Å²) >= 11 is 0. The van der Waals surface area contributed by atoms with Crippen LogP contribution in [0.3, 0.4) is 0 Å². The Balaban J connectivity index is 0.00000480. The average molecular weight is 565 g/mol. The molecule has 0 bridgehead atoms. The van der Waals surface area contributed by atoms with Crippen molar-refractivity contribution in [1.29, 1.82) is 0 Å². The molecule has 0 amide bonds. The zero-order valence-corrected chi connectivity index (χ0v) is 20.2. The van der Waals surface area contributed by atoms with E-state index in [0.29, 0.717) is 18.9 Å². The number of nitro benzene ring substituents is 1. The Bertz CT molecular complexity index is 1030. The number of guanidine groups is 1. The third-order valence-corrected chi connectivity index (χ3v) is 5.72. The van der Waals surface area contributed by atoms with Gasteiger partial charge in [0.15, 0.2) is 5.96 Å². The number of hydrogen-bond donors (Lipinski definition) is 3. The van der Waals surface area contributed by atoms with Crippen LogP contribution in [0.4, 0.5) is 10.1 Å². The van der Waals surface area contributed by atoms with Crippen molar-refractivity contribution in [2.24, 2.45) is 4.99 Å². The molecule has 0 saturated heterocycles. The molecule has 0 fully saturated rings. The topological polar surface area (TPSA) is 126 Å². The maximum absolute atomic E-state index is 13.1. The molecule has 12 heteroatoms. The molecule has 2 aromatic carbocycles. The SMILES string of the molecule is CN=C(NCCNS(=O)(=O)c1cccc([N+](=O)[O-])c1)NCCc1ccc(F)cc1C.I. The van der Waals surface area contributed by atoms with Gasteiger partial charge in [0.05, 0.1) is 9.82 Å². The fourth-order valence-electron chi connectivity index (χ4n) is 2.69. The highest BCUT2D eigenvalue weighted by atomic mass is 127. The lowest BCUT2D eigenvalue weighted by atomic mass is 10.1. The number of halogens is 2. The molecule has 0 heterocycles. The summed E-state index contributed by atoms with van der Waals surface area (Å²) in [4.78, 5) is 14.0. The highest BCUT2D eigenvalue weighted by molar-refractivity contribution is 14.0. The summed E-state index contributed by atoms with van der Waals surface area (Å²) < 4.78 is 40.1. The third-order valence-electron chi connectivity index (χ3n) is 4.26. The molecule has 2 aromatic rings. The van der Waals surface area contributed by atoms with Crippen molar-refractivity contribution in [3.05, 3.63) is 69.5 Å². The summed E-state index contributed by atoms with van der Waals surface area (Å²) in [6.07, 6.45) is 0.673. The van der Waals surface area contributed by atoms with Crippen LogP contribution in [0, 0.1) is 22.9 Å². The number of sulfonamides is 1. The van der Waals surface area contributed by atoms with E-state index in [1.807, 2.05) is 6.92 Å². The number of benzene rings is 2. The molecule has 0 aliphatic heterocycles. The minimum Gasteiger partial charge on any atom is -0.356 e. The number of aliphatic imine (C=N–C) groups is 1. The van der Waals surface area contributed by atoms with E-state index in [1.54, 1.807) is 13.1 Å². The fraction of sp³-hybridized carbons (Fsp3) is 0.316. The van der Waals surface area contributed by atoms with Gasteiger partial charge in [0, 0.05) is 38.8 Å². The largest absolute Gasteiger partial charge is 0.356 e. The van der Waals surface area contributed by atoms with Crippen molar-refractivity contribution in [2.75, 3.05) is 26.7 Å². The normalized spacial score (nSPS) is 11.5. The first-order valence-electron chi connectivity index (χ1n) is 9.16. The van der Waals surface area contributed by atoms with E-state index in [2.05, 4.69) is 20.3 Å². The second-order valence-electron chi connectivity index (χ2n) is 6.40. The van der Waals surface area contributed by atoms with Crippen LogP contribution in [0.5, 0.6) is 0 Å². The van der Waals surface area contributed by atoms with E-state index in [-0.39, 0.29) is 53.5 Å². The van der Waals surface area contributed by atoms with Crippen molar-refractivity contribution in [3.8, 4) is 0 Å². The summed E-state index contributed by atoms with van der Waals surface area (Å²) in [5.74, 6) is 0.221. The first-order chi connectivity index (χ1) is 14.2. The molecule has 2 rings (SSSR count). The number of non-ortho nitro benzene ring substituents is 1. The molecule has 0 saturated carbocycles. The minimum absolute atomic E-state index is 0. The Morgan fingerprint density at radius 3 is 2.48 bits per heavy atom. The van der Waals surface area contributed by atoms with Gasteiger partial charge in [0.25, 0.3) is 5.69 Å². The number of aryl methyl sites for hydroxylation is 1. The average Bonchev–Trinajstić information content (AvgIpc) is 2.71. The first-order valence-corrected chi connectivity index (χ1v) is 10.6. The lowest BCUT2D eigenvalue weighted by molar-refractivity contribution is -0.385. The van der Waals surface area contributed by atoms with Crippen LogP contribution < -0.4 is 15.4 Å². The lowest BCUT2D eigenvalue weighted by Gasteiger charge is -2.13. The predicted octanol–water partition coefficient (Wildman–Crippen LogP) is 2.35. The molecule has 0 unspecified atom stereocenters. The van der Waals surface area contributed by atoms with E-state index in [4.69, 9.17) is 0 Å². The maximum Gasteiger partial charge on any atom is 0.270 e. The van der Waals surface area contributed by atoms with Gasteiger partial charge in [-0.05, 0) is 42.7 Å². The molecule has 31 heavy (non-hydrogen) atoms. The van der Waals surface area contributed by atoms with Gasteiger partial charge in [0.1, 0.15) is 5.82 Å². The van der Waals surface area contributed by atoms with Crippen LogP contribution in [0.2, 0.25) is 0 Å². The summed E-state index contributed by atoms with van der Waals surface area (Å²) in [6.45, 7) is 2.72. The van der Waals surface area contributed by atoms with Crippen molar-refractivity contribution in [1.82, 2.24) is 15.4 Å². The zero-order chi connectivity index (χ0) is 22.1. The summed E-state index contributed by atoms with van der Waals surface area (Å²) in [6, 6.07) is 9.49. The highest BCUT2D eigenvalue weighted by Crippen LogP contribution is 2.16. The predicted molar refractivity (Wildman–Crippen MR) is 128 cm³/mol. The summed E-state index contributed by atoms with van der Waals surface area (Å²) in [7, 11) is -2.28. The number of nitrogens with one attached hydrogen (secondary N) is 3. The molecular weight excluding hydrogens is 540 g/mol. The van der Waals surface area contributed by atoms with Crippen LogP contribution >= 0.6 is 24.0 Å². The molecule has 0 atom stereocenters. The van der Waals surface area contributed by atoms with Crippen LogP contribution in [-0.2, 0) is 16.4 Å². The molecule has 9 nitrogen and oxygen atoms in total. The van der Waals surface area contributed by atoms with Crippen molar-refractivity contribution < 1.29 is 17.7 Å². The van der Waals surface area contributed by atoms with Gasteiger partial charge in [-0.3, -0.25) is 15.1 Å². The minimum atomic E-state index is -3.87. The van der Waals surface area contributed by atoms with Gasteiger partial charge in [-0.25, -0.2) is 17.5 Å². The Morgan fingerprint density at radius 2 is 1.84 bits per heavy atom. The molecule has 0 radical (unpaired) electrons. The van der Waals surface area contributed by atoms with Gasteiger partial charge in [0.2, 0.25) is 10.0 Å². The van der Waals surface area contributed by atoms with Crippen LogP contribution in [0.1, 0.15) is 11.1 Å². The standard InChI is InChI=1S/C19H24FN5O4S.HI/c1-14-12-16(20)7-6-15(14)8-9-22-19(21-2)23-10-11-24-30(28,29)18-5-3-4-17(13-18)25(26)27;/h3-7,12-13,24H,8-11H2,1-2H3,(H2,21,22,23);1H. The van der Waals surface area contributed by atoms with E-state index < -0.39 is 14.9 Å². The molecule has 0 aromatic heterocycles. The van der Waals surface area contributed by atoms with Gasteiger partial charge >= 0.3 is 0 Å². The van der Waals surface area contributed by atoms with Gasteiger partial charge in [-0.1, -0.05) is 12.1 Å². The van der Waals surface area contributed by atoms with E-state index >= 15 is 0 Å². The Kier molecular flexibility index (Phi) is 10.8. The summed E-state index contributed by atoms with van der Waals surface area (Å²) in [5, 5.41) is 16.9. The molecule has 0 spiro atoms. The first kappa shape index (κ1) is 26.7. The monoisotopic (exact) mass is 565 g/mol. The molecule has 0 aliphatic rings. The van der Waals surface area contributed by atoms with E-state index in [0.717, 1.165) is 17.2 Å². The van der Waals surface area contributed by atoms with E-state index in [1.165, 1.54) is 30.3 Å². The quantitative estimate of drug-likeness (QED) is 0.107. The van der Waals surface area contributed by atoms with Crippen molar-refractivity contribution in [3.63, 3.8) is 0 Å². The lowest BCUT2D eigenvalue weighted by Crippen LogP contribution is -2.42. The molecular formula is C19H25FIN5O4S. The number of nitrogens with zero attached hydrogens (tertiary/aromatic N) is 2. The zero-order valence-electron chi connectivity index (χ0n) is 17.1. The maximum atomic E-state index is 13.1. The fourth-order valence-corrected chi connectivity index (χ4v) is 3.76. The molecule has 0 aliphatic carbocycles. The second-order valence-corrected chi connectivity index (χ2v) is 8.17.